The van der Waals surface area contributed by atoms with Crippen LogP contribution in [0.15, 0.2) is 18.2 Å². The van der Waals surface area contributed by atoms with Crippen molar-refractivity contribution in [2.24, 2.45) is 23.0 Å². The van der Waals surface area contributed by atoms with Crippen molar-refractivity contribution in [3.8, 4) is 0 Å². The Morgan fingerprint density at radius 3 is 2.38 bits per heavy atom. The van der Waals surface area contributed by atoms with Gasteiger partial charge in [-0.2, -0.15) is 0 Å². The number of anilines is 1. The number of ether oxygens (including phenoxy) is 1. The predicted molar refractivity (Wildman–Crippen MR) is 156 cm³/mol. The van der Waals surface area contributed by atoms with Crippen LogP contribution in [0.2, 0.25) is 5.28 Å². The van der Waals surface area contributed by atoms with Crippen molar-refractivity contribution in [2.45, 2.75) is 86.1 Å². The summed E-state index contributed by atoms with van der Waals surface area (Å²) in [5.74, 6) is 1.21. The highest BCUT2D eigenvalue weighted by Crippen LogP contribution is 2.29. The lowest BCUT2D eigenvalue weighted by Crippen LogP contribution is -2.23. The Balaban J connectivity index is 0.000000369. The normalized spacial score (nSPS) is 15.3. The number of benzene rings is 1. The van der Waals surface area contributed by atoms with Crippen molar-refractivity contribution in [1.29, 1.82) is 0 Å². The molecule has 1 aromatic carbocycles. The fourth-order valence-electron chi connectivity index (χ4n) is 3.92. The number of rotatable bonds is 9. The third-order valence-electron chi connectivity index (χ3n) is 6.89. The van der Waals surface area contributed by atoms with Crippen LogP contribution in [-0.4, -0.2) is 36.5 Å². The van der Waals surface area contributed by atoms with Crippen LogP contribution < -0.4 is 11.1 Å². The number of hydrogen-bond acceptors (Lipinski definition) is 6. The lowest BCUT2D eigenvalue weighted by molar-refractivity contribution is -0.116. The standard InChI is InChI=1S/C15H13ClF3N3.C10H20O.C4H8O.CH5N/c16-15-21-11-6-2-4-9(11)14(22-15)20-7-8-3-1-5-10(12(8)17)13(18)19;1-5-10(4,8-11)7-6-9(2)3;1-4-2-5-3-4;1-2/h1,3,5,13H,2,4,6-7H2,(H,20,21,22);8-9H,5-7H2,1-4H3;4H,2-3H2,1H3;2H2,1H3. The third-order valence-corrected chi connectivity index (χ3v) is 7.05. The minimum absolute atomic E-state index is 0.0617. The molecule has 1 saturated heterocycles. The Labute approximate surface area is 242 Å². The maximum absolute atomic E-state index is 14.0. The van der Waals surface area contributed by atoms with Crippen LogP contribution in [-0.2, 0) is 28.9 Å². The summed E-state index contributed by atoms with van der Waals surface area (Å²) in [5.41, 5.74) is 5.87. The molecule has 4 rings (SSSR count). The maximum atomic E-state index is 14.0. The first kappa shape index (κ1) is 35.8. The molecule has 1 fully saturated rings. The average molecular weight is 587 g/mol. The molecular formula is C30H46ClF3N4O2. The molecule has 0 saturated carbocycles. The number of aldehydes is 1. The molecule has 10 heteroatoms. The second kappa shape index (κ2) is 18.3. The first-order valence-corrected chi connectivity index (χ1v) is 14.3. The van der Waals surface area contributed by atoms with Gasteiger partial charge in [-0.1, -0.05) is 59.2 Å². The van der Waals surface area contributed by atoms with Gasteiger partial charge in [0.15, 0.2) is 0 Å². The smallest absolute Gasteiger partial charge is 0.266 e. The molecule has 1 aliphatic heterocycles. The van der Waals surface area contributed by atoms with E-state index in [0.717, 1.165) is 81.3 Å². The molecule has 0 spiro atoms. The zero-order valence-electron chi connectivity index (χ0n) is 24.7. The minimum atomic E-state index is -2.84. The predicted octanol–water partition coefficient (Wildman–Crippen LogP) is 7.57. The van der Waals surface area contributed by atoms with Gasteiger partial charge in [0.1, 0.15) is 17.9 Å². The minimum Gasteiger partial charge on any atom is -0.381 e. The fourth-order valence-corrected chi connectivity index (χ4v) is 4.11. The number of nitrogens with zero attached hydrogens (tertiary/aromatic N) is 2. The van der Waals surface area contributed by atoms with Crippen molar-refractivity contribution in [3.63, 3.8) is 0 Å². The van der Waals surface area contributed by atoms with Gasteiger partial charge in [-0.05, 0) is 56.7 Å². The average Bonchev–Trinajstić information content (AvgIpc) is 3.40. The topological polar surface area (TPSA) is 90.1 Å². The fraction of sp³-hybridized carbons (Fsp3) is 0.633. The molecular weight excluding hydrogens is 541 g/mol. The SMILES string of the molecule is CC1COC1.CCC(C)(C=O)CCC(C)C.CN.Fc1c(CNc2nc(Cl)nc3c2CCC3)cccc1C(F)F. The van der Waals surface area contributed by atoms with E-state index in [0.29, 0.717) is 11.7 Å². The second-order valence-electron chi connectivity index (χ2n) is 10.8. The van der Waals surface area contributed by atoms with Crippen LogP contribution in [0.25, 0.3) is 0 Å². The number of carbonyl (C=O) groups excluding carboxylic acids is 1. The number of aryl methyl sites for hydroxylation is 1. The number of halogens is 4. The van der Waals surface area contributed by atoms with E-state index >= 15 is 0 Å². The van der Waals surface area contributed by atoms with Crippen LogP contribution in [0.5, 0.6) is 0 Å². The summed E-state index contributed by atoms with van der Waals surface area (Å²) in [6, 6.07) is 3.97. The van der Waals surface area contributed by atoms with Crippen molar-refractivity contribution < 1.29 is 22.7 Å². The van der Waals surface area contributed by atoms with Gasteiger partial charge in [0.25, 0.3) is 6.43 Å². The van der Waals surface area contributed by atoms with Crippen LogP contribution >= 0.6 is 11.6 Å². The molecule has 2 aliphatic rings. The number of alkyl halides is 2. The van der Waals surface area contributed by atoms with Crippen molar-refractivity contribution in [2.75, 3.05) is 25.6 Å². The Morgan fingerprint density at radius 2 is 1.88 bits per heavy atom. The number of aromatic nitrogens is 2. The molecule has 2 aromatic rings. The van der Waals surface area contributed by atoms with Crippen molar-refractivity contribution in [1.82, 2.24) is 9.97 Å². The summed E-state index contributed by atoms with van der Waals surface area (Å²) >= 11 is 5.87. The van der Waals surface area contributed by atoms with Gasteiger partial charge >= 0.3 is 0 Å². The molecule has 3 N–H and O–H groups in total. The molecule has 0 bridgehead atoms. The Kier molecular flexibility index (Phi) is 16.3. The van der Waals surface area contributed by atoms with Crippen molar-refractivity contribution >= 4 is 23.7 Å². The van der Waals surface area contributed by atoms with E-state index < -0.39 is 17.8 Å². The molecule has 226 valence electrons. The van der Waals surface area contributed by atoms with Gasteiger partial charge in [0.2, 0.25) is 5.28 Å². The lowest BCUT2D eigenvalue weighted by atomic mass is 9.82. The summed E-state index contributed by atoms with van der Waals surface area (Å²) in [7, 11) is 1.50. The Bertz CT molecular complexity index is 1040. The van der Waals surface area contributed by atoms with E-state index in [4.69, 9.17) is 16.3 Å². The van der Waals surface area contributed by atoms with Gasteiger partial charge in [0, 0.05) is 29.0 Å². The van der Waals surface area contributed by atoms with Gasteiger partial charge in [-0.25, -0.2) is 23.1 Å². The summed E-state index contributed by atoms with van der Waals surface area (Å²) in [4.78, 5) is 19.0. The van der Waals surface area contributed by atoms with Crippen LogP contribution in [0.1, 0.15) is 89.1 Å². The van der Waals surface area contributed by atoms with Gasteiger partial charge in [-0.15, -0.1) is 0 Å². The first-order valence-electron chi connectivity index (χ1n) is 14.0. The monoisotopic (exact) mass is 586 g/mol. The van der Waals surface area contributed by atoms with E-state index in [1.54, 1.807) is 0 Å². The zero-order valence-corrected chi connectivity index (χ0v) is 25.5. The second-order valence-corrected chi connectivity index (χ2v) is 11.1. The highest BCUT2D eigenvalue weighted by Gasteiger charge is 2.21. The molecule has 2 heterocycles. The van der Waals surface area contributed by atoms with E-state index in [2.05, 4.69) is 48.7 Å². The molecule has 1 unspecified atom stereocenters. The van der Waals surface area contributed by atoms with Crippen molar-refractivity contribution in [3.05, 3.63) is 51.7 Å². The van der Waals surface area contributed by atoms with Gasteiger partial charge in [-0.3, -0.25) is 0 Å². The first-order chi connectivity index (χ1) is 19.0. The quantitative estimate of drug-likeness (QED) is 0.233. The van der Waals surface area contributed by atoms with Crippen LogP contribution in [0.4, 0.5) is 19.0 Å². The summed E-state index contributed by atoms with van der Waals surface area (Å²) in [5, 5.41) is 3.12. The van der Waals surface area contributed by atoms with E-state index in [1.807, 2.05) is 6.92 Å². The molecule has 6 nitrogen and oxygen atoms in total. The van der Waals surface area contributed by atoms with Crippen LogP contribution in [0.3, 0.4) is 0 Å². The Hall–Kier alpha value is -2.23. The largest absolute Gasteiger partial charge is 0.381 e. The number of hydrogen-bond donors (Lipinski definition) is 2. The van der Waals surface area contributed by atoms with E-state index in [-0.39, 0.29) is 22.8 Å². The number of fused-ring (bicyclic) bond motifs is 1. The lowest BCUT2D eigenvalue weighted by Gasteiger charge is -2.21. The number of carbonyl (C=O) groups is 1. The highest BCUT2D eigenvalue weighted by atomic mass is 35.5. The van der Waals surface area contributed by atoms with E-state index in [1.165, 1.54) is 19.2 Å². The summed E-state index contributed by atoms with van der Waals surface area (Å²) in [6.45, 7) is 12.7. The third kappa shape index (κ3) is 11.7. The maximum Gasteiger partial charge on any atom is 0.266 e. The highest BCUT2D eigenvalue weighted by molar-refractivity contribution is 6.28. The van der Waals surface area contributed by atoms with E-state index in [9.17, 15) is 18.0 Å². The molecule has 1 aliphatic carbocycles. The Morgan fingerprint density at radius 1 is 1.23 bits per heavy atom. The van der Waals surface area contributed by atoms with Crippen LogP contribution in [0, 0.1) is 23.1 Å². The number of nitrogens with two attached hydrogens (primary N) is 1. The van der Waals surface area contributed by atoms with Gasteiger partial charge in [0.05, 0.1) is 24.5 Å². The molecule has 1 atom stereocenters. The molecule has 0 radical (unpaired) electrons. The molecule has 0 amide bonds. The zero-order chi connectivity index (χ0) is 30.3. The summed E-state index contributed by atoms with van der Waals surface area (Å²) < 4.78 is 44.2. The van der Waals surface area contributed by atoms with Gasteiger partial charge < -0.3 is 20.6 Å². The number of nitrogens with one attached hydrogen (secondary N) is 1. The molecule has 1 aromatic heterocycles. The summed E-state index contributed by atoms with van der Waals surface area (Å²) in [6.07, 6.45) is 4.05. The molecule has 40 heavy (non-hydrogen) atoms.